The summed E-state index contributed by atoms with van der Waals surface area (Å²) in [5, 5.41) is 35.6. The van der Waals surface area contributed by atoms with Gasteiger partial charge in [0.1, 0.15) is 27.9 Å². The minimum absolute atomic E-state index is 0.0668. The number of aromatic nitrogens is 6. The monoisotopic (exact) mass is 553 g/mol. The highest BCUT2D eigenvalue weighted by Crippen LogP contribution is 2.44. The fraction of sp³-hybridized carbons (Fsp3) is 0.179. The number of aromatic amines is 1. The van der Waals surface area contributed by atoms with Gasteiger partial charge in [0.2, 0.25) is 0 Å². The van der Waals surface area contributed by atoms with Crippen molar-refractivity contribution in [2.24, 2.45) is 0 Å². The molecule has 11 nitrogen and oxygen atoms in total. The van der Waals surface area contributed by atoms with E-state index in [0.29, 0.717) is 64.7 Å². The van der Waals surface area contributed by atoms with E-state index in [2.05, 4.69) is 30.7 Å². The second-order valence-corrected chi connectivity index (χ2v) is 10.6. The molecule has 12 heteroatoms. The summed E-state index contributed by atoms with van der Waals surface area (Å²) in [7, 11) is 0. The number of aldehydes is 1. The molecule has 0 spiro atoms. The standard InChI is InChI=1S/C28H23N7O4S/c1-15-9-21(32-25(10-15)33-24-11-16(6-8-29-24)22-12-31-35-34-22)23-13-30-27(40-23)28(39)7-2-3-17-19(14-36)18(26(37)38)4-5-20(17)28/h4-6,8-14,39H,2-3,7H2,1H3,(H,37,38)(H,29,32,33)(H,31,34,35). The van der Waals surface area contributed by atoms with Crippen molar-refractivity contribution in [3.05, 3.63) is 87.8 Å². The van der Waals surface area contributed by atoms with Crippen LogP contribution in [0.4, 0.5) is 11.6 Å². The number of carbonyl (C=O) groups excluding carboxylic acids is 1. The van der Waals surface area contributed by atoms with Gasteiger partial charge in [0.25, 0.3) is 0 Å². The van der Waals surface area contributed by atoms with Crippen molar-refractivity contribution in [1.29, 1.82) is 0 Å². The number of nitrogens with one attached hydrogen (secondary N) is 2. The van der Waals surface area contributed by atoms with Crippen molar-refractivity contribution in [3.63, 3.8) is 0 Å². The first-order valence-electron chi connectivity index (χ1n) is 12.5. The predicted molar refractivity (Wildman–Crippen MR) is 148 cm³/mol. The molecule has 4 N–H and O–H groups in total. The molecule has 0 fully saturated rings. The number of pyridine rings is 2. The number of hydrogen-bond donors (Lipinski definition) is 4. The van der Waals surface area contributed by atoms with Gasteiger partial charge in [0.15, 0.2) is 6.29 Å². The van der Waals surface area contributed by atoms with E-state index >= 15 is 0 Å². The Morgan fingerprint density at radius 1 is 1.12 bits per heavy atom. The summed E-state index contributed by atoms with van der Waals surface area (Å²) in [5.74, 6) is 0.00763. The smallest absolute Gasteiger partial charge is 0.336 e. The van der Waals surface area contributed by atoms with E-state index < -0.39 is 11.6 Å². The van der Waals surface area contributed by atoms with Gasteiger partial charge < -0.3 is 15.5 Å². The molecule has 4 aromatic heterocycles. The summed E-state index contributed by atoms with van der Waals surface area (Å²) in [6.07, 6.45) is 7.03. The lowest BCUT2D eigenvalue weighted by molar-refractivity contribution is 0.0604. The van der Waals surface area contributed by atoms with Crippen LogP contribution in [0.25, 0.3) is 21.8 Å². The molecule has 40 heavy (non-hydrogen) atoms. The molecule has 0 aliphatic heterocycles. The van der Waals surface area contributed by atoms with Crippen LogP contribution in [0, 0.1) is 6.92 Å². The van der Waals surface area contributed by atoms with Gasteiger partial charge in [-0.15, -0.1) is 11.3 Å². The summed E-state index contributed by atoms with van der Waals surface area (Å²) in [5.41, 5.74) is 2.86. The van der Waals surface area contributed by atoms with Crippen LogP contribution >= 0.6 is 11.3 Å². The number of thiazole rings is 1. The number of carboxylic acids is 1. The van der Waals surface area contributed by atoms with Crippen molar-refractivity contribution in [2.45, 2.75) is 31.8 Å². The zero-order valence-electron chi connectivity index (χ0n) is 21.3. The summed E-state index contributed by atoms with van der Waals surface area (Å²) in [6, 6.07) is 10.5. The first-order chi connectivity index (χ1) is 19.4. The fourth-order valence-electron chi connectivity index (χ4n) is 5.09. The number of benzene rings is 1. The maximum absolute atomic E-state index is 11.8. The lowest BCUT2D eigenvalue weighted by Crippen LogP contribution is -2.33. The van der Waals surface area contributed by atoms with Crippen LogP contribution in [-0.2, 0) is 12.0 Å². The number of nitrogens with zero attached hydrogens (tertiary/aromatic N) is 5. The molecule has 1 aliphatic carbocycles. The van der Waals surface area contributed by atoms with Gasteiger partial charge in [0.05, 0.1) is 22.3 Å². The first-order valence-corrected chi connectivity index (χ1v) is 13.3. The Balaban J connectivity index is 1.32. The molecule has 0 radical (unpaired) electrons. The van der Waals surface area contributed by atoms with Gasteiger partial charge >= 0.3 is 5.97 Å². The third-order valence-corrected chi connectivity index (χ3v) is 8.10. The molecular weight excluding hydrogens is 530 g/mol. The Hall–Kier alpha value is -4.81. The SMILES string of the molecule is Cc1cc(Nc2cc(-c3cn[nH]n3)ccn2)nc(-c2cnc(C3(O)CCCc4c3ccc(C(=O)O)c4C=O)s2)c1. The second kappa shape index (κ2) is 10.1. The van der Waals surface area contributed by atoms with E-state index in [4.69, 9.17) is 4.98 Å². The Morgan fingerprint density at radius 2 is 2.00 bits per heavy atom. The molecule has 0 saturated heterocycles. The molecule has 0 bridgehead atoms. The predicted octanol–water partition coefficient (Wildman–Crippen LogP) is 4.52. The fourth-order valence-corrected chi connectivity index (χ4v) is 6.10. The summed E-state index contributed by atoms with van der Waals surface area (Å²) >= 11 is 1.31. The number of anilines is 2. The number of hydrogen-bond acceptors (Lipinski definition) is 10. The largest absolute Gasteiger partial charge is 0.478 e. The van der Waals surface area contributed by atoms with E-state index in [0.717, 1.165) is 16.0 Å². The molecular formula is C28H23N7O4S. The maximum atomic E-state index is 11.8. The topological polar surface area (TPSA) is 167 Å². The Kier molecular flexibility index (Phi) is 6.40. The Morgan fingerprint density at radius 3 is 2.77 bits per heavy atom. The van der Waals surface area contributed by atoms with Gasteiger partial charge in [-0.3, -0.25) is 4.79 Å². The number of aliphatic hydroxyl groups is 1. The maximum Gasteiger partial charge on any atom is 0.336 e. The average Bonchev–Trinajstić information content (AvgIpc) is 3.66. The van der Waals surface area contributed by atoms with E-state index in [1.54, 1.807) is 24.7 Å². The lowest BCUT2D eigenvalue weighted by Gasteiger charge is -2.33. The highest BCUT2D eigenvalue weighted by molar-refractivity contribution is 7.15. The molecule has 1 unspecified atom stereocenters. The van der Waals surface area contributed by atoms with Gasteiger partial charge in [-0.25, -0.2) is 19.7 Å². The third-order valence-electron chi connectivity index (χ3n) is 6.92. The quantitative estimate of drug-likeness (QED) is 0.210. The van der Waals surface area contributed by atoms with Crippen LogP contribution in [0.15, 0.2) is 55.0 Å². The number of aromatic carboxylic acids is 1. The number of fused-ring (bicyclic) bond motifs is 1. The molecule has 5 aromatic rings. The van der Waals surface area contributed by atoms with E-state index in [-0.39, 0.29) is 11.1 Å². The number of aryl methyl sites for hydroxylation is 1. The molecule has 1 atom stereocenters. The molecule has 200 valence electrons. The van der Waals surface area contributed by atoms with Crippen LogP contribution in [0.1, 0.15) is 55.3 Å². The molecule has 0 amide bonds. The van der Waals surface area contributed by atoms with E-state index in [9.17, 15) is 19.8 Å². The van der Waals surface area contributed by atoms with E-state index in [1.165, 1.54) is 17.4 Å². The molecule has 4 heterocycles. The zero-order chi connectivity index (χ0) is 27.9. The summed E-state index contributed by atoms with van der Waals surface area (Å²) in [6.45, 7) is 1.96. The molecule has 0 saturated carbocycles. The Bertz CT molecular complexity index is 1750. The van der Waals surface area contributed by atoms with Crippen molar-refractivity contribution >= 4 is 35.2 Å². The molecule has 6 rings (SSSR count). The average molecular weight is 554 g/mol. The van der Waals surface area contributed by atoms with Crippen molar-refractivity contribution < 1.29 is 19.8 Å². The number of rotatable bonds is 7. The normalized spacial score (nSPS) is 16.4. The second-order valence-electron chi connectivity index (χ2n) is 9.54. The van der Waals surface area contributed by atoms with Crippen molar-refractivity contribution in [3.8, 4) is 21.8 Å². The van der Waals surface area contributed by atoms with Crippen molar-refractivity contribution in [1.82, 2.24) is 30.4 Å². The van der Waals surface area contributed by atoms with Gasteiger partial charge in [-0.05, 0) is 73.2 Å². The third kappa shape index (κ3) is 4.52. The minimum Gasteiger partial charge on any atom is -0.478 e. The minimum atomic E-state index is -1.44. The van der Waals surface area contributed by atoms with Gasteiger partial charge in [-0.2, -0.15) is 15.4 Å². The van der Waals surface area contributed by atoms with Crippen LogP contribution in [0.3, 0.4) is 0 Å². The van der Waals surface area contributed by atoms with Crippen LogP contribution in [-0.4, -0.2) is 52.8 Å². The summed E-state index contributed by atoms with van der Waals surface area (Å²) in [4.78, 5) is 37.9. The van der Waals surface area contributed by atoms with E-state index in [1.807, 2.05) is 31.2 Å². The van der Waals surface area contributed by atoms with Crippen molar-refractivity contribution in [2.75, 3.05) is 5.32 Å². The zero-order valence-corrected chi connectivity index (χ0v) is 22.1. The highest BCUT2D eigenvalue weighted by atomic mass is 32.1. The number of H-pyrrole nitrogens is 1. The van der Waals surface area contributed by atoms with Gasteiger partial charge in [-0.1, -0.05) is 6.07 Å². The van der Waals surface area contributed by atoms with Crippen LogP contribution in [0.5, 0.6) is 0 Å². The number of carbonyl (C=O) groups is 2. The molecule has 1 aromatic carbocycles. The van der Waals surface area contributed by atoms with Crippen LogP contribution in [0.2, 0.25) is 0 Å². The van der Waals surface area contributed by atoms with Gasteiger partial charge in [0, 0.05) is 23.5 Å². The molecule has 1 aliphatic rings. The summed E-state index contributed by atoms with van der Waals surface area (Å²) < 4.78 is 0. The van der Waals surface area contributed by atoms with Crippen LogP contribution < -0.4 is 5.32 Å². The highest BCUT2D eigenvalue weighted by Gasteiger charge is 2.40. The lowest BCUT2D eigenvalue weighted by atomic mass is 9.77. The Labute approximate surface area is 232 Å². The first kappa shape index (κ1) is 25.5. The number of carboxylic acid groups (broad SMARTS) is 1.